The highest BCUT2D eigenvalue weighted by atomic mass is 16.5. The number of anilines is 1. The summed E-state index contributed by atoms with van der Waals surface area (Å²) in [6.07, 6.45) is 0. The highest BCUT2D eigenvalue weighted by Gasteiger charge is 2.22. The van der Waals surface area contributed by atoms with Crippen molar-refractivity contribution in [2.24, 2.45) is 0 Å². The van der Waals surface area contributed by atoms with Gasteiger partial charge in [0.05, 0.1) is 19.2 Å². The number of ether oxygens (including phenoxy) is 1. The van der Waals surface area contributed by atoms with Gasteiger partial charge in [0.25, 0.3) is 0 Å². The Morgan fingerprint density at radius 2 is 1.90 bits per heavy atom. The van der Waals surface area contributed by atoms with Crippen molar-refractivity contribution < 1.29 is 14.3 Å². The molecular formula is C15H22N2O3. The molecule has 110 valence electrons. The van der Waals surface area contributed by atoms with Crippen molar-refractivity contribution >= 4 is 17.6 Å². The molecule has 1 aromatic carbocycles. The summed E-state index contributed by atoms with van der Waals surface area (Å²) in [4.78, 5) is 25.4. The standard InChI is InChI=1S/C15H22N2O3/c1-4-17(11-14(18)20-5-2)12(3)15(19)16-13-9-7-6-8-10-13/h6-10,12H,4-5,11H2,1-3H3,(H,16,19). The Labute approximate surface area is 119 Å². The van der Waals surface area contributed by atoms with E-state index in [2.05, 4.69) is 5.32 Å². The molecule has 0 aliphatic heterocycles. The zero-order chi connectivity index (χ0) is 15.0. The van der Waals surface area contributed by atoms with Gasteiger partial charge in [-0.05, 0) is 32.5 Å². The molecule has 5 heteroatoms. The van der Waals surface area contributed by atoms with Gasteiger partial charge in [-0.1, -0.05) is 25.1 Å². The molecule has 1 N–H and O–H groups in total. The smallest absolute Gasteiger partial charge is 0.320 e. The Hall–Kier alpha value is -1.88. The number of nitrogens with zero attached hydrogens (tertiary/aromatic N) is 1. The van der Waals surface area contributed by atoms with E-state index in [1.54, 1.807) is 18.7 Å². The average Bonchev–Trinajstić information content (AvgIpc) is 2.45. The lowest BCUT2D eigenvalue weighted by atomic mass is 10.2. The molecule has 0 bridgehead atoms. The normalized spacial score (nSPS) is 12.0. The van der Waals surface area contributed by atoms with Crippen molar-refractivity contribution in [3.63, 3.8) is 0 Å². The highest BCUT2D eigenvalue weighted by molar-refractivity contribution is 5.94. The fourth-order valence-corrected chi connectivity index (χ4v) is 1.83. The number of nitrogens with one attached hydrogen (secondary N) is 1. The fourth-order valence-electron chi connectivity index (χ4n) is 1.83. The monoisotopic (exact) mass is 278 g/mol. The Balaban J connectivity index is 2.59. The van der Waals surface area contributed by atoms with Crippen molar-refractivity contribution in [1.29, 1.82) is 0 Å². The minimum Gasteiger partial charge on any atom is -0.465 e. The number of amides is 1. The number of benzene rings is 1. The number of carbonyl (C=O) groups excluding carboxylic acids is 2. The minimum absolute atomic E-state index is 0.119. The molecule has 0 radical (unpaired) electrons. The molecule has 0 spiro atoms. The molecule has 1 atom stereocenters. The fraction of sp³-hybridized carbons (Fsp3) is 0.467. The summed E-state index contributed by atoms with van der Waals surface area (Å²) >= 11 is 0. The number of hydrogen-bond donors (Lipinski definition) is 1. The maximum absolute atomic E-state index is 12.1. The van der Waals surface area contributed by atoms with Crippen LogP contribution in [0.3, 0.4) is 0 Å². The van der Waals surface area contributed by atoms with Crippen LogP contribution in [0.5, 0.6) is 0 Å². The third-order valence-electron chi connectivity index (χ3n) is 3.01. The van der Waals surface area contributed by atoms with E-state index in [9.17, 15) is 9.59 Å². The maximum atomic E-state index is 12.1. The number of para-hydroxylation sites is 1. The van der Waals surface area contributed by atoms with Gasteiger partial charge < -0.3 is 10.1 Å². The largest absolute Gasteiger partial charge is 0.465 e. The van der Waals surface area contributed by atoms with Gasteiger partial charge >= 0.3 is 5.97 Å². The SMILES string of the molecule is CCOC(=O)CN(CC)C(C)C(=O)Nc1ccccc1. The molecule has 0 saturated carbocycles. The lowest BCUT2D eigenvalue weighted by Gasteiger charge is -2.25. The average molecular weight is 278 g/mol. The second kappa shape index (κ2) is 8.32. The number of esters is 1. The van der Waals surface area contributed by atoms with Crippen molar-refractivity contribution in [3.05, 3.63) is 30.3 Å². The molecule has 0 fully saturated rings. The molecule has 0 saturated heterocycles. The van der Waals surface area contributed by atoms with Crippen molar-refractivity contribution in [1.82, 2.24) is 4.90 Å². The summed E-state index contributed by atoms with van der Waals surface area (Å²) in [6, 6.07) is 8.86. The number of rotatable bonds is 7. The lowest BCUT2D eigenvalue weighted by molar-refractivity contribution is -0.145. The van der Waals surface area contributed by atoms with Crippen LogP contribution in [-0.2, 0) is 14.3 Å². The van der Waals surface area contributed by atoms with Crippen LogP contribution in [0.4, 0.5) is 5.69 Å². The second-order valence-electron chi connectivity index (χ2n) is 4.40. The van der Waals surface area contributed by atoms with E-state index in [4.69, 9.17) is 4.74 Å². The number of carbonyl (C=O) groups is 2. The van der Waals surface area contributed by atoms with Gasteiger partial charge in [0.2, 0.25) is 5.91 Å². The van der Waals surface area contributed by atoms with E-state index in [1.807, 2.05) is 37.3 Å². The topological polar surface area (TPSA) is 58.6 Å². The molecule has 0 aliphatic rings. The quantitative estimate of drug-likeness (QED) is 0.774. The Morgan fingerprint density at radius 3 is 2.45 bits per heavy atom. The van der Waals surface area contributed by atoms with Crippen LogP contribution >= 0.6 is 0 Å². The summed E-state index contributed by atoms with van der Waals surface area (Å²) in [5.74, 6) is -0.448. The Morgan fingerprint density at radius 1 is 1.25 bits per heavy atom. The first kappa shape index (κ1) is 16.2. The molecule has 0 aliphatic carbocycles. The summed E-state index contributed by atoms with van der Waals surface area (Å²) in [6.45, 7) is 6.52. The Kier molecular flexibility index (Phi) is 6.73. The summed E-state index contributed by atoms with van der Waals surface area (Å²) in [5, 5.41) is 2.83. The molecule has 1 amide bonds. The minimum atomic E-state index is -0.399. The van der Waals surface area contributed by atoms with Crippen LogP contribution in [-0.4, -0.2) is 42.5 Å². The van der Waals surface area contributed by atoms with Crippen molar-refractivity contribution in [2.75, 3.05) is 25.0 Å². The molecular weight excluding hydrogens is 256 g/mol. The predicted molar refractivity (Wildman–Crippen MR) is 78.4 cm³/mol. The lowest BCUT2D eigenvalue weighted by Crippen LogP contribution is -2.44. The molecule has 1 rings (SSSR count). The molecule has 5 nitrogen and oxygen atoms in total. The van der Waals surface area contributed by atoms with Crippen LogP contribution < -0.4 is 5.32 Å². The van der Waals surface area contributed by atoms with Crippen LogP contribution in [0, 0.1) is 0 Å². The zero-order valence-electron chi connectivity index (χ0n) is 12.3. The summed E-state index contributed by atoms with van der Waals surface area (Å²) < 4.78 is 4.91. The predicted octanol–water partition coefficient (Wildman–Crippen LogP) is 1.90. The molecule has 1 unspecified atom stereocenters. The molecule has 0 aromatic heterocycles. The van der Waals surface area contributed by atoms with Gasteiger partial charge in [-0.3, -0.25) is 14.5 Å². The molecule has 1 aromatic rings. The first-order valence-electron chi connectivity index (χ1n) is 6.84. The van der Waals surface area contributed by atoms with E-state index in [0.717, 1.165) is 5.69 Å². The van der Waals surface area contributed by atoms with Crippen LogP contribution in [0.15, 0.2) is 30.3 Å². The van der Waals surface area contributed by atoms with E-state index < -0.39 is 6.04 Å². The molecule has 0 heterocycles. The van der Waals surface area contributed by atoms with Gasteiger partial charge in [0, 0.05) is 5.69 Å². The van der Waals surface area contributed by atoms with Crippen molar-refractivity contribution in [3.8, 4) is 0 Å². The van der Waals surface area contributed by atoms with Gasteiger partial charge in [-0.25, -0.2) is 0 Å². The molecule has 20 heavy (non-hydrogen) atoms. The Bertz CT molecular complexity index is 434. The maximum Gasteiger partial charge on any atom is 0.320 e. The van der Waals surface area contributed by atoms with Gasteiger partial charge in [0.15, 0.2) is 0 Å². The van der Waals surface area contributed by atoms with Crippen LogP contribution in [0.25, 0.3) is 0 Å². The highest BCUT2D eigenvalue weighted by Crippen LogP contribution is 2.08. The first-order valence-corrected chi connectivity index (χ1v) is 6.84. The van der Waals surface area contributed by atoms with E-state index in [0.29, 0.717) is 13.2 Å². The number of hydrogen-bond acceptors (Lipinski definition) is 4. The van der Waals surface area contributed by atoms with E-state index in [1.165, 1.54) is 0 Å². The van der Waals surface area contributed by atoms with Crippen LogP contribution in [0.1, 0.15) is 20.8 Å². The van der Waals surface area contributed by atoms with E-state index >= 15 is 0 Å². The van der Waals surface area contributed by atoms with Gasteiger partial charge in [-0.2, -0.15) is 0 Å². The van der Waals surface area contributed by atoms with Crippen molar-refractivity contribution in [2.45, 2.75) is 26.8 Å². The van der Waals surface area contributed by atoms with Crippen LogP contribution in [0.2, 0.25) is 0 Å². The third kappa shape index (κ3) is 5.01. The third-order valence-corrected chi connectivity index (χ3v) is 3.01. The number of likely N-dealkylation sites (N-methyl/N-ethyl adjacent to an activating group) is 1. The summed E-state index contributed by atoms with van der Waals surface area (Å²) in [7, 11) is 0. The summed E-state index contributed by atoms with van der Waals surface area (Å²) in [5.41, 5.74) is 0.747. The van der Waals surface area contributed by atoms with Gasteiger partial charge in [0.1, 0.15) is 0 Å². The van der Waals surface area contributed by atoms with Gasteiger partial charge in [-0.15, -0.1) is 0 Å². The zero-order valence-corrected chi connectivity index (χ0v) is 12.3. The van der Waals surface area contributed by atoms with E-state index in [-0.39, 0.29) is 18.4 Å². The second-order valence-corrected chi connectivity index (χ2v) is 4.40. The first-order chi connectivity index (χ1) is 9.58.